The summed E-state index contributed by atoms with van der Waals surface area (Å²) in [6.45, 7) is 0. The van der Waals surface area contributed by atoms with Gasteiger partial charge in [0, 0.05) is 14.1 Å². The largest absolute Gasteiger partial charge is 0.367 e. The van der Waals surface area contributed by atoms with E-state index in [0.717, 1.165) is 10.1 Å². The van der Waals surface area contributed by atoms with E-state index in [4.69, 9.17) is 0 Å². The molecule has 60 valence electrons. The molecule has 0 aromatic carbocycles. The number of carbonyl (C=O) groups excluding carboxylic acids is 1. The van der Waals surface area contributed by atoms with Gasteiger partial charge in [-0.2, -0.15) is 0 Å². The van der Waals surface area contributed by atoms with Gasteiger partial charge in [0.25, 0.3) is 0 Å². The van der Waals surface area contributed by atoms with Crippen molar-refractivity contribution in [2.24, 2.45) is 0 Å². The van der Waals surface area contributed by atoms with E-state index in [1.807, 2.05) is 0 Å². The number of hydroxylamine groups is 4. The van der Waals surface area contributed by atoms with Crippen molar-refractivity contribution in [2.75, 3.05) is 28.3 Å². The van der Waals surface area contributed by atoms with E-state index in [2.05, 4.69) is 9.68 Å². The van der Waals surface area contributed by atoms with Crippen LogP contribution in [0.15, 0.2) is 0 Å². The zero-order valence-electron chi connectivity index (χ0n) is 6.62. The first kappa shape index (κ1) is 9.19. The van der Waals surface area contributed by atoms with Gasteiger partial charge in [-0.05, 0) is 0 Å². The van der Waals surface area contributed by atoms with Gasteiger partial charge >= 0.3 is 6.03 Å². The Hall–Kier alpha value is -0.810. The third-order valence-corrected chi connectivity index (χ3v) is 1.09. The van der Waals surface area contributed by atoms with Crippen molar-refractivity contribution in [2.45, 2.75) is 0 Å². The van der Waals surface area contributed by atoms with E-state index in [9.17, 15) is 4.79 Å². The van der Waals surface area contributed by atoms with Crippen LogP contribution >= 0.6 is 0 Å². The minimum atomic E-state index is -0.356. The maximum atomic E-state index is 10.9. The Morgan fingerprint density at radius 3 is 1.60 bits per heavy atom. The zero-order chi connectivity index (χ0) is 8.15. The summed E-state index contributed by atoms with van der Waals surface area (Å²) < 4.78 is 0. The molecule has 0 fully saturated rings. The quantitative estimate of drug-likeness (QED) is 0.521. The van der Waals surface area contributed by atoms with Crippen molar-refractivity contribution in [1.82, 2.24) is 10.1 Å². The second-order valence-electron chi connectivity index (χ2n) is 1.64. The van der Waals surface area contributed by atoms with Crippen LogP contribution < -0.4 is 0 Å². The minimum absolute atomic E-state index is 0.356. The SMILES string of the molecule is CON(C)C(=O)N(C)OC. The van der Waals surface area contributed by atoms with Crippen LogP contribution in [0.1, 0.15) is 0 Å². The molecule has 0 N–H and O–H groups in total. The molecule has 0 unspecified atom stereocenters. The van der Waals surface area contributed by atoms with E-state index in [0.29, 0.717) is 0 Å². The van der Waals surface area contributed by atoms with Gasteiger partial charge in [-0.25, -0.2) is 14.9 Å². The smallest absolute Gasteiger partial charge is 0.273 e. The van der Waals surface area contributed by atoms with E-state index < -0.39 is 0 Å². The van der Waals surface area contributed by atoms with Gasteiger partial charge in [0.15, 0.2) is 0 Å². The first-order chi connectivity index (χ1) is 4.63. The number of hydrogen-bond acceptors (Lipinski definition) is 3. The molecule has 0 aliphatic heterocycles. The average molecular weight is 148 g/mol. The van der Waals surface area contributed by atoms with Crippen molar-refractivity contribution in [3.05, 3.63) is 0 Å². The van der Waals surface area contributed by atoms with Gasteiger partial charge in [0.2, 0.25) is 0 Å². The van der Waals surface area contributed by atoms with Crippen LogP contribution in [0.4, 0.5) is 4.79 Å². The van der Waals surface area contributed by atoms with Gasteiger partial charge in [0.05, 0.1) is 14.2 Å². The molecule has 0 heterocycles. The van der Waals surface area contributed by atoms with Crippen LogP contribution in [-0.2, 0) is 9.68 Å². The molecule has 0 saturated carbocycles. The number of carbonyl (C=O) groups is 1. The van der Waals surface area contributed by atoms with Crippen LogP contribution in [0.3, 0.4) is 0 Å². The lowest BCUT2D eigenvalue weighted by molar-refractivity contribution is -0.132. The van der Waals surface area contributed by atoms with E-state index in [1.165, 1.54) is 28.3 Å². The molecule has 10 heavy (non-hydrogen) atoms. The maximum Gasteiger partial charge on any atom is 0.367 e. The Labute approximate surface area is 60.0 Å². The summed E-state index contributed by atoms with van der Waals surface area (Å²) in [6, 6.07) is -0.356. The number of amides is 2. The van der Waals surface area contributed by atoms with Crippen LogP contribution in [0.25, 0.3) is 0 Å². The summed E-state index contributed by atoms with van der Waals surface area (Å²) >= 11 is 0. The third-order valence-electron chi connectivity index (χ3n) is 1.09. The lowest BCUT2D eigenvalue weighted by Gasteiger charge is -2.19. The molecule has 0 saturated heterocycles. The van der Waals surface area contributed by atoms with Gasteiger partial charge in [-0.1, -0.05) is 0 Å². The van der Waals surface area contributed by atoms with Crippen LogP contribution in [0.2, 0.25) is 0 Å². The zero-order valence-corrected chi connectivity index (χ0v) is 6.62. The second kappa shape index (κ2) is 4.08. The molecule has 0 aliphatic carbocycles. The number of nitrogens with zero attached hydrogens (tertiary/aromatic N) is 2. The lowest BCUT2D eigenvalue weighted by Crippen LogP contribution is -2.37. The standard InChI is InChI=1S/C5H12N2O3/c1-6(9-3)5(8)7(2)10-4/h1-4H3. The minimum Gasteiger partial charge on any atom is -0.273 e. The van der Waals surface area contributed by atoms with Crippen molar-refractivity contribution < 1.29 is 14.5 Å². The summed E-state index contributed by atoms with van der Waals surface area (Å²) in [6.07, 6.45) is 0. The number of hydrogen-bond donors (Lipinski definition) is 0. The Morgan fingerprint density at radius 2 is 1.40 bits per heavy atom. The number of rotatable bonds is 2. The van der Waals surface area contributed by atoms with Gasteiger partial charge in [-0.15, -0.1) is 0 Å². The van der Waals surface area contributed by atoms with Gasteiger partial charge in [0.1, 0.15) is 0 Å². The highest BCUT2D eigenvalue weighted by molar-refractivity contribution is 5.71. The highest BCUT2D eigenvalue weighted by Crippen LogP contribution is 1.91. The topological polar surface area (TPSA) is 42.0 Å². The molecule has 0 spiro atoms. The summed E-state index contributed by atoms with van der Waals surface area (Å²) in [4.78, 5) is 20.1. The predicted octanol–water partition coefficient (Wildman–Crippen LogP) is 0.0928. The van der Waals surface area contributed by atoms with Gasteiger partial charge in [-0.3, -0.25) is 9.68 Å². The normalized spacial score (nSPS) is 9.20. The fourth-order valence-corrected chi connectivity index (χ4v) is 0.355. The summed E-state index contributed by atoms with van der Waals surface area (Å²) in [5, 5.41) is 2.12. The molecular weight excluding hydrogens is 136 g/mol. The van der Waals surface area contributed by atoms with Gasteiger partial charge < -0.3 is 0 Å². The molecule has 2 amide bonds. The Bertz CT molecular complexity index is 105. The van der Waals surface area contributed by atoms with E-state index in [-0.39, 0.29) is 6.03 Å². The highest BCUT2D eigenvalue weighted by atomic mass is 16.7. The fraction of sp³-hybridized carbons (Fsp3) is 0.800. The first-order valence-electron chi connectivity index (χ1n) is 2.73. The molecule has 5 heteroatoms. The average Bonchev–Trinajstić information content (AvgIpc) is 2.00. The third kappa shape index (κ3) is 2.20. The molecule has 0 bridgehead atoms. The van der Waals surface area contributed by atoms with Crippen molar-refractivity contribution in [3.8, 4) is 0 Å². The summed E-state index contributed by atoms with van der Waals surface area (Å²) in [7, 11) is 5.80. The molecule has 0 aromatic heterocycles. The lowest BCUT2D eigenvalue weighted by atomic mass is 10.9. The van der Waals surface area contributed by atoms with Crippen molar-refractivity contribution in [3.63, 3.8) is 0 Å². The molecule has 0 aliphatic rings. The monoisotopic (exact) mass is 148 g/mol. The summed E-state index contributed by atoms with van der Waals surface area (Å²) in [5.74, 6) is 0. The molecule has 0 aromatic rings. The predicted molar refractivity (Wildman–Crippen MR) is 34.9 cm³/mol. The van der Waals surface area contributed by atoms with Crippen LogP contribution in [0.5, 0.6) is 0 Å². The fourth-order valence-electron chi connectivity index (χ4n) is 0.355. The van der Waals surface area contributed by atoms with Crippen LogP contribution in [0, 0.1) is 0 Å². The maximum absolute atomic E-state index is 10.9. The molecule has 0 radical (unpaired) electrons. The molecular formula is C5H12N2O3. The second-order valence-corrected chi connectivity index (χ2v) is 1.64. The van der Waals surface area contributed by atoms with E-state index >= 15 is 0 Å². The Morgan fingerprint density at radius 1 is 1.10 bits per heavy atom. The molecule has 0 atom stereocenters. The Balaban J connectivity index is 3.82. The first-order valence-corrected chi connectivity index (χ1v) is 2.73. The van der Waals surface area contributed by atoms with E-state index in [1.54, 1.807) is 0 Å². The van der Waals surface area contributed by atoms with Crippen molar-refractivity contribution >= 4 is 6.03 Å². The molecule has 0 rings (SSSR count). The Kier molecular flexibility index (Phi) is 3.75. The molecule has 5 nitrogen and oxygen atoms in total. The summed E-state index contributed by atoms with van der Waals surface area (Å²) in [5.41, 5.74) is 0. The van der Waals surface area contributed by atoms with Crippen LogP contribution in [-0.4, -0.2) is 44.5 Å². The van der Waals surface area contributed by atoms with Crippen molar-refractivity contribution in [1.29, 1.82) is 0 Å². The number of urea groups is 1. The highest BCUT2D eigenvalue weighted by Gasteiger charge is 2.12.